The Balaban J connectivity index is 2.03. The number of hydrogen-bond donors (Lipinski definition) is 2. The second-order valence-electron chi connectivity index (χ2n) is 5.05. The van der Waals surface area contributed by atoms with Gasteiger partial charge in [0, 0.05) is 5.56 Å². The molecule has 2 rings (SSSR count). The molecule has 0 saturated heterocycles. The number of aryl methyl sites for hydroxylation is 2. The summed E-state index contributed by atoms with van der Waals surface area (Å²) in [6.45, 7) is 3.35. The molecule has 2 aromatic rings. The Bertz CT molecular complexity index is 619. The van der Waals surface area contributed by atoms with Crippen LogP contribution in [0.1, 0.15) is 27.4 Å². The summed E-state index contributed by atoms with van der Waals surface area (Å²) >= 11 is 0. The second-order valence-corrected chi connectivity index (χ2v) is 5.05. The molecule has 4 nitrogen and oxygen atoms in total. The van der Waals surface area contributed by atoms with Gasteiger partial charge in [0.1, 0.15) is 11.6 Å². The number of furan rings is 1. The Kier molecular flexibility index (Phi) is 4.75. The number of hydrogen-bond acceptors (Lipinski definition) is 3. The first-order valence-corrected chi connectivity index (χ1v) is 6.73. The molecule has 1 unspecified atom stereocenters. The number of rotatable bonds is 5. The standard InChI is InChI=1S/C16H18FNO3/c1-10-7-11(2)21-15(10)16(20)18-14(9-19)8-12-3-5-13(17)6-4-12/h3-7,14,19H,8-9H2,1-2H3,(H,18,20). The fourth-order valence-electron chi connectivity index (χ4n) is 2.18. The lowest BCUT2D eigenvalue weighted by atomic mass is 10.1. The number of carbonyl (C=O) groups excluding carboxylic acids is 1. The minimum atomic E-state index is -0.451. The van der Waals surface area contributed by atoms with E-state index >= 15 is 0 Å². The van der Waals surface area contributed by atoms with Crippen molar-refractivity contribution in [3.8, 4) is 0 Å². The van der Waals surface area contributed by atoms with Gasteiger partial charge in [-0.2, -0.15) is 0 Å². The van der Waals surface area contributed by atoms with E-state index in [9.17, 15) is 14.3 Å². The molecule has 5 heteroatoms. The number of halogens is 1. The van der Waals surface area contributed by atoms with Gasteiger partial charge < -0.3 is 14.8 Å². The van der Waals surface area contributed by atoms with Gasteiger partial charge >= 0.3 is 0 Å². The molecule has 1 atom stereocenters. The molecular formula is C16H18FNO3. The predicted molar refractivity (Wildman–Crippen MR) is 76.6 cm³/mol. The van der Waals surface area contributed by atoms with Crippen LogP contribution in [0.3, 0.4) is 0 Å². The van der Waals surface area contributed by atoms with Gasteiger partial charge in [0.2, 0.25) is 0 Å². The fraction of sp³-hybridized carbons (Fsp3) is 0.312. The Morgan fingerprint density at radius 3 is 2.52 bits per heavy atom. The lowest BCUT2D eigenvalue weighted by Gasteiger charge is -2.16. The molecule has 1 heterocycles. The lowest BCUT2D eigenvalue weighted by molar-refractivity contribution is 0.0886. The molecule has 1 aromatic heterocycles. The zero-order valence-electron chi connectivity index (χ0n) is 12.0. The maximum Gasteiger partial charge on any atom is 0.287 e. The second kappa shape index (κ2) is 6.54. The molecular weight excluding hydrogens is 273 g/mol. The molecule has 1 amide bonds. The Hall–Kier alpha value is -2.14. The molecule has 0 radical (unpaired) electrons. The van der Waals surface area contributed by atoms with Crippen molar-refractivity contribution < 1.29 is 18.7 Å². The van der Waals surface area contributed by atoms with Crippen molar-refractivity contribution in [3.05, 3.63) is 58.8 Å². The van der Waals surface area contributed by atoms with Gasteiger partial charge in [0.15, 0.2) is 5.76 Å². The van der Waals surface area contributed by atoms with Crippen molar-refractivity contribution >= 4 is 5.91 Å². The summed E-state index contributed by atoms with van der Waals surface area (Å²) in [4.78, 5) is 12.1. The summed E-state index contributed by atoms with van der Waals surface area (Å²) in [5.74, 6) is 0.244. The molecule has 0 aliphatic heterocycles. The van der Waals surface area contributed by atoms with Crippen LogP contribution in [0.5, 0.6) is 0 Å². The van der Waals surface area contributed by atoms with Crippen molar-refractivity contribution in [3.63, 3.8) is 0 Å². The molecule has 1 aromatic carbocycles. The first-order chi connectivity index (χ1) is 9.99. The average molecular weight is 291 g/mol. The molecule has 2 N–H and O–H groups in total. The highest BCUT2D eigenvalue weighted by molar-refractivity contribution is 5.93. The average Bonchev–Trinajstić information content (AvgIpc) is 2.79. The van der Waals surface area contributed by atoms with Crippen LogP contribution < -0.4 is 5.32 Å². The number of amides is 1. The Labute approximate surface area is 122 Å². The first-order valence-electron chi connectivity index (χ1n) is 6.73. The minimum absolute atomic E-state index is 0.206. The highest BCUT2D eigenvalue weighted by Gasteiger charge is 2.18. The molecule has 0 aliphatic rings. The van der Waals surface area contributed by atoms with Crippen molar-refractivity contribution in [1.29, 1.82) is 0 Å². The Morgan fingerprint density at radius 2 is 2.00 bits per heavy atom. The highest BCUT2D eigenvalue weighted by Crippen LogP contribution is 2.14. The van der Waals surface area contributed by atoms with E-state index in [0.29, 0.717) is 12.2 Å². The molecule has 112 valence electrons. The van der Waals surface area contributed by atoms with E-state index in [1.807, 2.05) is 0 Å². The van der Waals surface area contributed by atoms with Gasteiger partial charge in [0.25, 0.3) is 5.91 Å². The van der Waals surface area contributed by atoms with Gasteiger partial charge in [-0.3, -0.25) is 4.79 Å². The molecule has 0 spiro atoms. The summed E-state index contributed by atoms with van der Waals surface area (Å²) < 4.78 is 18.2. The number of aliphatic hydroxyl groups is 1. The number of carbonyl (C=O) groups is 1. The lowest BCUT2D eigenvalue weighted by Crippen LogP contribution is -2.39. The van der Waals surface area contributed by atoms with Gasteiger partial charge in [-0.15, -0.1) is 0 Å². The first kappa shape index (κ1) is 15.3. The Morgan fingerprint density at radius 1 is 1.33 bits per heavy atom. The van der Waals surface area contributed by atoms with Crippen LogP contribution in [-0.4, -0.2) is 23.7 Å². The van der Waals surface area contributed by atoms with Crippen LogP contribution in [0.4, 0.5) is 4.39 Å². The molecule has 0 bridgehead atoms. The van der Waals surface area contributed by atoms with Crippen LogP contribution >= 0.6 is 0 Å². The molecule has 0 fully saturated rings. The zero-order valence-corrected chi connectivity index (χ0v) is 12.0. The van der Waals surface area contributed by atoms with Crippen LogP contribution in [0.2, 0.25) is 0 Å². The maximum atomic E-state index is 12.9. The minimum Gasteiger partial charge on any atom is -0.456 e. The van der Waals surface area contributed by atoms with Gasteiger partial charge in [-0.25, -0.2) is 4.39 Å². The summed E-state index contributed by atoms with van der Waals surface area (Å²) in [7, 11) is 0. The zero-order chi connectivity index (χ0) is 15.4. The third-order valence-corrected chi connectivity index (χ3v) is 3.20. The van der Waals surface area contributed by atoms with Crippen molar-refractivity contribution in [2.24, 2.45) is 0 Å². The SMILES string of the molecule is Cc1cc(C)c(C(=O)NC(CO)Cc2ccc(F)cc2)o1. The topological polar surface area (TPSA) is 62.5 Å². The van der Waals surface area contributed by atoms with Crippen LogP contribution in [0.15, 0.2) is 34.7 Å². The molecule has 0 aliphatic carbocycles. The third-order valence-electron chi connectivity index (χ3n) is 3.20. The summed E-state index contributed by atoms with van der Waals surface area (Å²) in [5, 5.41) is 12.1. The highest BCUT2D eigenvalue weighted by atomic mass is 19.1. The smallest absolute Gasteiger partial charge is 0.287 e. The fourth-order valence-corrected chi connectivity index (χ4v) is 2.18. The monoisotopic (exact) mass is 291 g/mol. The summed E-state index contributed by atoms with van der Waals surface area (Å²) in [5.41, 5.74) is 1.59. The van der Waals surface area contributed by atoms with Crippen molar-refractivity contribution in [2.45, 2.75) is 26.3 Å². The summed E-state index contributed by atoms with van der Waals surface area (Å²) in [6.07, 6.45) is 0.418. The van der Waals surface area contributed by atoms with E-state index in [1.54, 1.807) is 32.0 Å². The summed E-state index contributed by atoms with van der Waals surface area (Å²) in [6, 6.07) is 7.30. The van der Waals surface area contributed by atoms with Crippen LogP contribution in [0.25, 0.3) is 0 Å². The van der Waals surface area contributed by atoms with E-state index in [-0.39, 0.29) is 24.1 Å². The van der Waals surface area contributed by atoms with Crippen LogP contribution in [0, 0.1) is 19.7 Å². The van der Waals surface area contributed by atoms with E-state index in [4.69, 9.17) is 4.42 Å². The van der Waals surface area contributed by atoms with E-state index < -0.39 is 6.04 Å². The van der Waals surface area contributed by atoms with Gasteiger partial charge in [0.05, 0.1) is 12.6 Å². The number of benzene rings is 1. The van der Waals surface area contributed by atoms with E-state index in [2.05, 4.69) is 5.32 Å². The van der Waals surface area contributed by atoms with Gasteiger partial charge in [-0.05, 0) is 44.0 Å². The molecule has 21 heavy (non-hydrogen) atoms. The number of aliphatic hydroxyl groups excluding tert-OH is 1. The van der Waals surface area contributed by atoms with Gasteiger partial charge in [-0.1, -0.05) is 12.1 Å². The van der Waals surface area contributed by atoms with Crippen molar-refractivity contribution in [1.82, 2.24) is 5.32 Å². The third kappa shape index (κ3) is 3.92. The normalized spacial score (nSPS) is 12.2. The van der Waals surface area contributed by atoms with E-state index in [0.717, 1.165) is 11.1 Å². The van der Waals surface area contributed by atoms with E-state index in [1.165, 1.54) is 12.1 Å². The largest absolute Gasteiger partial charge is 0.456 e. The quantitative estimate of drug-likeness (QED) is 0.889. The van der Waals surface area contributed by atoms with Crippen molar-refractivity contribution in [2.75, 3.05) is 6.61 Å². The maximum absolute atomic E-state index is 12.9. The number of nitrogens with one attached hydrogen (secondary N) is 1. The molecule has 0 saturated carbocycles. The predicted octanol–water partition coefficient (Wildman–Crippen LogP) is 2.37. The van der Waals surface area contributed by atoms with Crippen LogP contribution in [-0.2, 0) is 6.42 Å².